The standard InChI is InChI=1S/C24H24N2O5S/c1-26(32(28,29)19-12-13-22-23(16-19)31-15-7-14-30-22)17-24(27)25-21-11-6-5-10-20(21)18-8-3-2-4-9-18/h2-6,8-13,16H,7,14-15,17H2,1H3,(H,25,27). The molecular formula is C24H24N2O5S. The lowest BCUT2D eigenvalue weighted by atomic mass is 10.0. The van der Waals surface area contributed by atoms with Crippen molar-refractivity contribution in [3.63, 3.8) is 0 Å². The van der Waals surface area contributed by atoms with Gasteiger partial charge in [-0.15, -0.1) is 0 Å². The molecule has 0 spiro atoms. The van der Waals surface area contributed by atoms with Crippen LogP contribution in [0.4, 0.5) is 5.69 Å². The quantitative estimate of drug-likeness (QED) is 0.615. The summed E-state index contributed by atoms with van der Waals surface area (Å²) in [5, 5.41) is 2.83. The number of hydrogen-bond acceptors (Lipinski definition) is 5. The van der Waals surface area contributed by atoms with Crippen LogP contribution in [0, 0.1) is 0 Å². The van der Waals surface area contributed by atoms with Gasteiger partial charge in [0.2, 0.25) is 15.9 Å². The zero-order chi connectivity index (χ0) is 22.6. The first-order chi connectivity index (χ1) is 15.4. The summed E-state index contributed by atoms with van der Waals surface area (Å²) in [4.78, 5) is 12.7. The fraction of sp³-hybridized carbons (Fsp3) is 0.208. The van der Waals surface area contributed by atoms with Gasteiger partial charge >= 0.3 is 0 Å². The number of carbonyl (C=O) groups is 1. The van der Waals surface area contributed by atoms with Crippen molar-refractivity contribution in [2.24, 2.45) is 0 Å². The Morgan fingerprint density at radius 2 is 1.62 bits per heavy atom. The number of carbonyl (C=O) groups excluding carboxylic acids is 1. The number of ether oxygens (including phenoxy) is 2. The number of fused-ring (bicyclic) bond motifs is 1. The van der Waals surface area contributed by atoms with Gasteiger partial charge in [0.15, 0.2) is 11.5 Å². The predicted octanol–water partition coefficient (Wildman–Crippen LogP) is 3.77. The predicted molar refractivity (Wildman–Crippen MR) is 122 cm³/mol. The number of benzene rings is 3. The van der Waals surface area contributed by atoms with Gasteiger partial charge in [-0.2, -0.15) is 4.31 Å². The number of amides is 1. The van der Waals surface area contributed by atoms with Crippen LogP contribution in [0.5, 0.6) is 11.5 Å². The van der Waals surface area contributed by atoms with Crippen LogP contribution in [-0.2, 0) is 14.8 Å². The van der Waals surface area contributed by atoms with Gasteiger partial charge in [-0.1, -0.05) is 48.5 Å². The van der Waals surface area contributed by atoms with Gasteiger partial charge in [0.1, 0.15) is 0 Å². The third kappa shape index (κ3) is 4.76. The third-order valence-electron chi connectivity index (χ3n) is 5.08. The normalized spacial score (nSPS) is 13.4. The Kier molecular flexibility index (Phi) is 6.43. The summed E-state index contributed by atoms with van der Waals surface area (Å²) in [6, 6.07) is 21.5. The smallest absolute Gasteiger partial charge is 0.243 e. The Morgan fingerprint density at radius 1 is 0.938 bits per heavy atom. The molecule has 1 aliphatic heterocycles. The highest BCUT2D eigenvalue weighted by molar-refractivity contribution is 7.89. The molecule has 0 saturated carbocycles. The van der Waals surface area contributed by atoms with Gasteiger partial charge < -0.3 is 14.8 Å². The summed E-state index contributed by atoms with van der Waals surface area (Å²) in [6.45, 7) is 0.638. The van der Waals surface area contributed by atoms with Crippen molar-refractivity contribution in [3.8, 4) is 22.6 Å². The summed E-state index contributed by atoms with van der Waals surface area (Å²) in [6.07, 6.45) is 0.724. The van der Waals surface area contributed by atoms with E-state index in [2.05, 4.69) is 5.32 Å². The minimum absolute atomic E-state index is 0.0433. The first kappa shape index (κ1) is 21.9. The van der Waals surface area contributed by atoms with E-state index >= 15 is 0 Å². The molecule has 1 N–H and O–H groups in total. The number of para-hydroxylation sites is 1. The lowest BCUT2D eigenvalue weighted by Crippen LogP contribution is -2.35. The van der Waals surface area contributed by atoms with Crippen molar-refractivity contribution in [1.82, 2.24) is 4.31 Å². The van der Waals surface area contributed by atoms with Crippen molar-refractivity contribution >= 4 is 21.6 Å². The number of nitrogens with zero attached hydrogens (tertiary/aromatic N) is 1. The molecule has 1 heterocycles. The number of hydrogen-bond donors (Lipinski definition) is 1. The Hall–Kier alpha value is -3.36. The van der Waals surface area contributed by atoms with Crippen LogP contribution in [0.1, 0.15) is 6.42 Å². The Morgan fingerprint density at radius 3 is 2.41 bits per heavy atom. The molecule has 8 heteroatoms. The highest BCUT2D eigenvalue weighted by atomic mass is 32.2. The Balaban J connectivity index is 1.49. The van der Waals surface area contributed by atoms with E-state index in [0.29, 0.717) is 30.4 Å². The van der Waals surface area contributed by atoms with Gasteiger partial charge in [0.25, 0.3) is 0 Å². The maximum atomic E-state index is 13.0. The lowest BCUT2D eigenvalue weighted by molar-refractivity contribution is -0.116. The fourth-order valence-corrected chi connectivity index (χ4v) is 4.57. The third-order valence-corrected chi connectivity index (χ3v) is 6.88. The summed E-state index contributed by atoms with van der Waals surface area (Å²) in [7, 11) is -2.52. The Labute approximate surface area is 187 Å². The average molecular weight is 453 g/mol. The first-order valence-electron chi connectivity index (χ1n) is 10.3. The van der Waals surface area contributed by atoms with E-state index in [-0.39, 0.29) is 11.4 Å². The molecule has 0 saturated heterocycles. The van der Waals surface area contributed by atoms with E-state index in [9.17, 15) is 13.2 Å². The van der Waals surface area contributed by atoms with Gasteiger partial charge in [-0.05, 0) is 23.8 Å². The van der Waals surface area contributed by atoms with Gasteiger partial charge in [0, 0.05) is 30.8 Å². The minimum atomic E-state index is -3.90. The molecule has 32 heavy (non-hydrogen) atoms. The van der Waals surface area contributed by atoms with Crippen LogP contribution in [0.25, 0.3) is 11.1 Å². The number of nitrogens with one attached hydrogen (secondary N) is 1. The van der Waals surface area contributed by atoms with E-state index in [1.807, 2.05) is 48.5 Å². The van der Waals surface area contributed by atoms with Gasteiger partial charge in [-0.3, -0.25) is 4.79 Å². The number of rotatable bonds is 6. The molecule has 0 atom stereocenters. The van der Waals surface area contributed by atoms with Crippen LogP contribution >= 0.6 is 0 Å². The fourth-order valence-electron chi connectivity index (χ4n) is 3.42. The molecule has 4 rings (SSSR count). The number of sulfonamides is 1. The largest absolute Gasteiger partial charge is 0.490 e. The monoisotopic (exact) mass is 452 g/mol. The van der Waals surface area contributed by atoms with Crippen molar-refractivity contribution in [3.05, 3.63) is 72.8 Å². The van der Waals surface area contributed by atoms with Crippen LogP contribution in [-0.4, -0.2) is 45.4 Å². The van der Waals surface area contributed by atoms with E-state index in [1.54, 1.807) is 12.1 Å². The molecule has 0 aromatic heterocycles. The number of likely N-dealkylation sites (N-methyl/N-ethyl adjacent to an activating group) is 1. The molecule has 3 aromatic carbocycles. The number of anilines is 1. The highest BCUT2D eigenvalue weighted by Crippen LogP contribution is 2.33. The van der Waals surface area contributed by atoms with Crippen molar-refractivity contribution in [2.75, 3.05) is 32.1 Å². The average Bonchev–Trinajstić information content (AvgIpc) is 3.05. The van der Waals surface area contributed by atoms with E-state index in [1.165, 1.54) is 19.2 Å². The van der Waals surface area contributed by atoms with Gasteiger partial charge in [0.05, 0.1) is 24.7 Å². The molecular weight excluding hydrogens is 428 g/mol. The molecule has 7 nitrogen and oxygen atoms in total. The second kappa shape index (κ2) is 9.42. The van der Waals surface area contributed by atoms with Crippen LogP contribution in [0.15, 0.2) is 77.7 Å². The highest BCUT2D eigenvalue weighted by Gasteiger charge is 2.25. The van der Waals surface area contributed by atoms with Crippen LogP contribution in [0.2, 0.25) is 0 Å². The molecule has 0 radical (unpaired) electrons. The van der Waals surface area contributed by atoms with Crippen LogP contribution in [0.3, 0.4) is 0 Å². The maximum absolute atomic E-state index is 13.0. The first-order valence-corrected chi connectivity index (χ1v) is 11.7. The van der Waals surface area contributed by atoms with Crippen molar-refractivity contribution < 1.29 is 22.7 Å². The SMILES string of the molecule is CN(CC(=O)Nc1ccccc1-c1ccccc1)S(=O)(=O)c1ccc2c(c1)OCCCO2. The van der Waals surface area contributed by atoms with Crippen molar-refractivity contribution in [1.29, 1.82) is 0 Å². The lowest BCUT2D eigenvalue weighted by Gasteiger charge is -2.18. The molecule has 1 amide bonds. The van der Waals surface area contributed by atoms with Crippen LogP contribution < -0.4 is 14.8 Å². The summed E-state index contributed by atoms with van der Waals surface area (Å²) in [5.74, 6) is 0.464. The molecule has 0 bridgehead atoms. The molecule has 0 fully saturated rings. The second-order valence-electron chi connectivity index (χ2n) is 7.38. The topological polar surface area (TPSA) is 84.9 Å². The summed E-state index contributed by atoms with van der Waals surface area (Å²) < 4.78 is 38.2. The van der Waals surface area contributed by atoms with Gasteiger partial charge in [-0.25, -0.2) is 8.42 Å². The minimum Gasteiger partial charge on any atom is -0.490 e. The summed E-state index contributed by atoms with van der Waals surface area (Å²) >= 11 is 0. The molecule has 0 unspecified atom stereocenters. The van der Waals surface area contributed by atoms with E-state index < -0.39 is 15.9 Å². The molecule has 3 aromatic rings. The Bertz CT molecular complexity index is 1210. The van der Waals surface area contributed by atoms with E-state index in [0.717, 1.165) is 21.9 Å². The maximum Gasteiger partial charge on any atom is 0.243 e. The second-order valence-corrected chi connectivity index (χ2v) is 9.42. The summed E-state index contributed by atoms with van der Waals surface area (Å²) in [5.41, 5.74) is 2.43. The molecule has 1 aliphatic rings. The zero-order valence-corrected chi connectivity index (χ0v) is 18.5. The molecule has 0 aliphatic carbocycles. The van der Waals surface area contributed by atoms with E-state index in [4.69, 9.17) is 9.47 Å². The zero-order valence-electron chi connectivity index (χ0n) is 17.7. The van der Waals surface area contributed by atoms with Crippen molar-refractivity contribution in [2.45, 2.75) is 11.3 Å². The molecule has 166 valence electrons.